The van der Waals surface area contributed by atoms with E-state index in [1.807, 2.05) is 0 Å². The number of thiazole rings is 1. The molecule has 13 heavy (non-hydrogen) atoms. The summed E-state index contributed by atoms with van der Waals surface area (Å²) in [6.07, 6.45) is 3.49. The molecular weight excluding hydrogens is 184 g/mol. The summed E-state index contributed by atoms with van der Waals surface area (Å²) < 4.78 is 0. The third-order valence-corrected chi connectivity index (χ3v) is 3.44. The van der Waals surface area contributed by atoms with Crippen LogP contribution in [0.3, 0.4) is 0 Å². The maximum absolute atomic E-state index is 4.98. The van der Waals surface area contributed by atoms with Gasteiger partial charge in [-0.1, -0.05) is 0 Å². The van der Waals surface area contributed by atoms with Gasteiger partial charge in [0.1, 0.15) is 0 Å². The molecule has 2 rings (SSSR count). The number of aromatic nitrogens is 1. The van der Waals surface area contributed by atoms with E-state index in [1.165, 1.54) is 17.0 Å². The lowest BCUT2D eigenvalue weighted by Gasteiger charge is -2.20. The van der Waals surface area contributed by atoms with Crippen molar-refractivity contribution in [1.82, 2.24) is 10.5 Å². The van der Waals surface area contributed by atoms with Gasteiger partial charge >= 0.3 is 0 Å². The zero-order valence-electron chi connectivity index (χ0n) is 7.96. The first-order chi connectivity index (χ1) is 6.31. The second kappa shape index (κ2) is 3.74. The lowest BCUT2D eigenvalue weighted by Crippen LogP contribution is -2.22. The van der Waals surface area contributed by atoms with Gasteiger partial charge in [0.25, 0.3) is 0 Å². The van der Waals surface area contributed by atoms with Gasteiger partial charge in [-0.15, -0.1) is 11.3 Å². The number of aryl methyl sites for hydroxylation is 2. The van der Waals surface area contributed by atoms with Crippen LogP contribution in [-0.4, -0.2) is 12.1 Å². The Labute approximate surface area is 82.1 Å². The fourth-order valence-electron chi connectivity index (χ4n) is 1.80. The molecule has 0 bridgehead atoms. The second-order valence-corrected chi connectivity index (χ2v) is 4.55. The molecule has 1 N–H and O–H groups in total. The Morgan fingerprint density at radius 2 is 2.46 bits per heavy atom. The van der Waals surface area contributed by atoms with Crippen LogP contribution in [0.2, 0.25) is 0 Å². The van der Waals surface area contributed by atoms with E-state index < -0.39 is 0 Å². The molecule has 0 amide bonds. The number of fused-ring (bicyclic) bond motifs is 1. The van der Waals surface area contributed by atoms with E-state index in [4.69, 9.17) is 4.84 Å². The SMILES string of the molecule is CONC1CCCc2nc(C)sc21. The van der Waals surface area contributed by atoms with Gasteiger partial charge in [0.05, 0.1) is 23.9 Å². The Balaban J connectivity index is 2.25. The van der Waals surface area contributed by atoms with E-state index >= 15 is 0 Å². The van der Waals surface area contributed by atoms with Crippen LogP contribution < -0.4 is 5.48 Å². The molecule has 1 heterocycles. The molecule has 0 saturated carbocycles. The number of hydroxylamine groups is 1. The molecule has 1 unspecified atom stereocenters. The molecule has 1 atom stereocenters. The predicted octanol–water partition coefficient (Wildman–Crippen LogP) is 1.98. The van der Waals surface area contributed by atoms with Crippen molar-refractivity contribution in [2.24, 2.45) is 0 Å². The number of nitrogens with one attached hydrogen (secondary N) is 1. The zero-order chi connectivity index (χ0) is 9.26. The van der Waals surface area contributed by atoms with Gasteiger partial charge in [0.15, 0.2) is 0 Å². The van der Waals surface area contributed by atoms with Crippen LogP contribution in [0.5, 0.6) is 0 Å². The van der Waals surface area contributed by atoms with E-state index in [2.05, 4.69) is 17.4 Å². The Hall–Kier alpha value is -0.450. The van der Waals surface area contributed by atoms with Gasteiger partial charge in [0.2, 0.25) is 0 Å². The van der Waals surface area contributed by atoms with Crippen molar-refractivity contribution in [1.29, 1.82) is 0 Å². The van der Waals surface area contributed by atoms with Crippen molar-refractivity contribution in [2.45, 2.75) is 32.2 Å². The normalized spacial score (nSPS) is 21.5. The van der Waals surface area contributed by atoms with Crippen molar-refractivity contribution in [3.8, 4) is 0 Å². The molecule has 0 saturated heterocycles. The first-order valence-corrected chi connectivity index (χ1v) is 5.37. The van der Waals surface area contributed by atoms with E-state index in [9.17, 15) is 0 Å². The van der Waals surface area contributed by atoms with Crippen LogP contribution in [0.4, 0.5) is 0 Å². The fraction of sp³-hybridized carbons (Fsp3) is 0.667. The highest BCUT2D eigenvalue weighted by atomic mass is 32.1. The summed E-state index contributed by atoms with van der Waals surface area (Å²) in [7, 11) is 1.67. The standard InChI is InChI=1S/C9H14N2OS/c1-6-10-7-4-3-5-8(11-12-2)9(7)13-6/h8,11H,3-5H2,1-2H3. The minimum Gasteiger partial charge on any atom is -0.304 e. The largest absolute Gasteiger partial charge is 0.304 e. The molecule has 0 spiro atoms. The van der Waals surface area contributed by atoms with E-state index in [0.29, 0.717) is 6.04 Å². The third-order valence-electron chi connectivity index (χ3n) is 2.32. The highest BCUT2D eigenvalue weighted by molar-refractivity contribution is 7.11. The molecule has 1 aromatic heterocycles. The molecule has 0 aromatic carbocycles. The minimum atomic E-state index is 0.361. The quantitative estimate of drug-likeness (QED) is 0.738. The van der Waals surface area contributed by atoms with Gasteiger partial charge in [-0.25, -0.2) is 4.98 Å². The molecule has 0 aliphatic heterocycles. The van der Waals surface area contributed by atoms with Crippen LogP contribution in [-0.2, 0) is 11.3 Å². The molecule has 72 valence electrons. The Morgan fingerprint density at radius 3 is 3.23 bits per heavy atom. The number of rotatable bonds is 2. The summed E-state index contributed by atoms with van der Waals surface area (Å²) in [4.78, 5) is 10.8. The van der Waals surface area contributed by atoms with Crippen LogP contribution >= 0.6 is 11.3 Å². The molecule has 4 heteroatoms. The maximum atomic E-state index is 4.98. The minimum absolute atomic E-state index is 0.361. The fourth-order valence-corrected chi connectivity index (χ4v) is 2.84. The predicted molar refractivity (Wildman–Crippen MR) is 52.7 cm³/mol. The first kappa shape index (κ1) is 9.12. The van der Waals surface area contributed by atoms with E-state index in [-0.39, 0.29) is 0 Å². The number of hydrogen-bond acceptors (Lipinski definition) is 4. The van der Waals surface area contributed by atoms with E-state index in [1.54, 1.807) is 18.4 Å². The van der Waals surface area contributed by atoms with Gasteiger partial charge < -0.3 is 4.84 Å². The molecule has 1 aliphatic carbocycles. The van der Waals surface area contributed by atoms with Crippen molar-refractivity contribution in [2.75, 3.05) is 7.11 Å². The van der Waals surface area contributed by atoms with Gasteiger partial charge in [-0.2, -0.15) is 5.48 Å². The van der Waals surface area contributed by atoms with Gasteiger partial charge in [-0.3, -0.25) is 0 Å². The molecule has 0 fully saturated rings. The summed E-state index contributed by atoms with van der Waals surface area (Å²) in [6, 6.07) is 0.361. The summed E-state index contributed by atoms with van der Waals surface area (Å²) in [5.74, 6) is 0. The molecular formula is C9H14N2OS. The van der Waals surface area contributed by atoms with Crippen LogP contribution in [0.1, 0.15) is 34.5 Å². The summed E-state index contributed by atoms with van der Waals surface area (Å²) in [5.41, 5.74) is 4.29. The first-order valence-electron chi connectivity index (χ1n) is 4.56. The Morgan fingerprint density at radius 1 is 1.62 bits per heavy atom. The summed E-state index contributed by atoms with van der Waals surface area (Å²) in [5, 5.41) is 1.16. The van der Waals surface area contributed by atoms with Crippen LogP contribution in [0.15, 0.2) is 0 Å². The van der Waals surface area contributed by atoms with Crippen molar-refractivity contribution >= 4 is 11.3 Å². The summed E-state index contributed by atoms with van der Waals surface area (Å²) >= 11 is 1.78. The number of hydrogen-bond donors (Lipinski definition) is 1. The Kier molecular flexibility index (Phi) is 2.62. The van der Waals surface area contributed by atoms with E-state index in [0.717, 1.165) is 17.8 Å². The van der Waals surface area contributed by atoms with Crippen LogP contribution in [0.25, 0.3) is 0 Å². The summed E-state index contributed by atoms with van der Waals surface area (Å²) in [6.45, 7) is 2.06. The van der Waals surface area contributed by atoms with Crippen molar-refractivity contribution < 1.29 is 4.84 Å². The molecule has 0 radical (unpaired) electrons. The second-order valence-electron chi connectivity index (χ2n) is 3.31. The van der Waals surface area contributed by atoms with Gasteiger partial charge in [0, 0.05) is 4.88 Å². The molecule has 3 nitrogen and oxygen atoms in total. The maximum Gasteiger partial charge on any atom is 0.0900 e. The lowest BCUT2D eigenvalue weighted by atomic mass is 9.99. The lowest BCUT2D eigenvalue weighted by molar-refractivity contribution is 0.0561. The topological polar surface area (TPSA) is 34.1 Å². The Bertz CT molecular complexity index is 298. The van der Waals surface area contributed by atoms with Crippen molar-refractivity contribution in [3.05, 3.63) is 15.6 Å². The highest BCUT2D eigenvalue weighted by Crippen LogP contribution is 2.33. The molecule has 1 aromatic rings. The average Bonchev–Trinajstić information content (AvgIpc) is 2.47. The zero-order valence-corrected chi connectivity index (χ0v) is 8.78. The molecule has 1 aliphatic rings. The van der Waals surface area contributed by atoms with Gasteiger partial charge in [-0.05, 0) is 26.2 Å². The average molecular weight is 198 g/mol. The highest BCUT2D eigenvalue weighted by Gasteiger charge is 2.23. The monoisotopic (exact) mass is 198 g/mol. The van der Waals surface area contributed by atoms with Crippen LogP contribution in [0, 0.1) is 6.92 Å². The third kappa shape index (κ3) is 1.75. The van der Waals surface area contributed by atoms with Crippen molar-refractivity contribution in [3.63, 3.8) is 0 Å². The number of nitrogens with zero attached hydrogens (tertiary/aromatic N) is 1. The smallest absolute Gasteiger partial charge is 0.0900 e.